The predicted octanol–water partition coefficient (Wildman–Crippen LogP) is 2.87. The van der Waals surface area contributed by atoms with Gasteiger partial charge < -0.3 is 20.5 Å². The van der Waals surface area contributed by atoms with Gasteiger partial charge in [-0.2, -0.15) is 4.98 Å². The number of aryl methyl sites for hydroxylation is 1. The molecule has 2 aromatic rings. The van der Waals surface area contributed by atoms with Crippen LogP contribution in [0.15, 0.2) is 24.5 Å². The second-order valence-corrected chi connectivity index (χ2v) is 4.78. The van der Waals surface area contributed by atoms with Crippen LogP contribution in [-0.4, -0.2) is 30.2 Å². The van der Waals surface area contributed by atoms with Crippen molar-refractivity contribution in [3.63, 3.8) is 0 Å². The van der Waals surface area contributed by atoms with E-state index in [9.17, 15) is 0 Å². The molecule has 3 N–H and O–H groups in total. The summed E-state index contributed by atoms with van der Waals surface area (Å²) in [5.41, 5.74) is 7.27. The SMILES string of the molecule is COCCNc1ncnc(Oc2ccc(Cl)c(C)c2)c1N. The Balaban J connectivity index is 2.16. The number of hydrogen-bond acceptors (Lipinski definition) is 6. The molecule has 0 aliphatic heterocycles. The molecule has 7 heteroatoms. The summed E-state index contributed by atoms with van der Waals surface area (Å²) in [6.07, 6.45) is 1.39. The average molecular weight is 309 g/mol. The highest BCUT2D eigenvalue weighted by Crippen LogP contribution is 2.30. The lowest BCUT2D eigenvalue weighted by molar-refractivity contribution is 0.210. The molecule has 0 saturated heterocycles. The molecule has 0 aliphatic rings. The summed E-state index contributed by atoms with van der Waals surface area (Å²) in [6.45, 7) is 3.05. The molecular formula is C14H17ClN4O2. The molecule has 0 aliphatic carbocycles. The highest BCUT2D eigenvalue weighted by atomic mass is 35.5. The van der Waals surface area contributed by atoms with Crippen molar-refractivity contribution in [2.45, 2.75) is 6.92 Å². The monoisotopic (exact) mass is 308 g/mol. The van der Waals surface area contributed by atoms with Crippen LogP contribution in [0.2, 0.25) is 5.02 Å². The third kappa shape index (κ3) is 3.96. The van der Waals surface area contributed by atoms with E-state index < -0.39 is 0 Å². The Hall–Kier alpha value is -2.05. The fourth-order valence-electron chi connectivity index (χ4n) is 1.67. The lowest BCUT2D eigenvalue weighted by Gasteiger charge is -2.12. The van der Waals surface area contributed by atoms with Crippen molar-refractivity contribution < 1.29 is 9.47 Å². The Labute approximate surface area is 128 Å². The maximum atomic E-state index is 6.00. The number of benzene rings is 1. The molecule has 21 heavy (non-hydrogen) atoms. The lowest BCUT2D eigenvalue weighted by Crippen LogP contribution is -2.11. The van der Waals surface area contributed by atoms with Gasteiger partial charge in [-0.25, -0.2) is 4.98 Å². The van der Waals surface area contributed by atoms with Crippen LogP contribution in [0.5, 0.6) is 11.6 Å². The number of hydrogen-bond donors (Lipinski definition) is 2. The molecule has 1 aromatic heterocycles. The minimum atomic E-state index is 0.298. The Bertz CT molecular complexity index is 622. The second-order valence-electron chi connectivity index (χ2n) is 4.37. The molecule has 0 bridgehead atoms. The number of nitrogens with two attached hydrogens (primary N) is 1. The highest BCUT2D eigenvalue weighted by molar-refractivity contribution is 6.31. The highest BCUT2D eigenvalue weighted by Gasteiger charge is 2.10. The van der Waals surface area contributed by atoms with E-state index in [0.717, 1.165) is 5.56 Å². The Morgan fingerprint density at radius 2 is 2.14 bits per heavy atom. The van der Waals surface area contributed by atoms with Crippen LogP contribution in [0.25, 0.3) is 0 Å². The molecule has 2 rings (SSSR count). The van der Waals surface area contributed by atoms with Crippen LogP contribution in [0.4, 0.5) is 11.5 Å². The molecule has 0 amide bonds. The van der Waals surface area contributed by atoms with Crippen molar-refractivity contribution >= 4 is 23.1 Å². The summed E-state index contributed by atoms with van der Waals surface area (Å²) in [6, 6.07) is 5.35. The van der Waals surface area contributed by atoms with Crippen LogP contribution >= 0.6 is 11.6 Å². The van der Waals surface area contributed by atoms with Crippen LogP contribution in [-0.2, 0) is 4.74 Å². The van der Waals surface area contributed by atoms with Crippen molar-refractivity contribution in [2.24, 2.45) is 0 Å². The van der Waals surface area contributed by atoms with Gasteiger partial charge in [-0.15, -0.1) is 0 Å². The van der Waals surface area contributed by atoms with E-state index in [1.165, 1.54) is 6.33 Å². The first-order chi connectivity index (χ1) is 10.1. The minimum Gasteiger partial charge on any atom is -0.437 e. The van der Waals surface area contributed by atoms with E-state index in [-0.39, 0.29) is 0 Å². The second kappa shape index (κ2) is 7.10. The first-order valence-corrected chi connectivity index (χ1v) is 6.77. The summed E-state index contributed by atoms with van der Waals surface area (Å²) in [7, 11) is 1.63. The molecule has 1 aromatic carbocycles. The number of anilines is 2. The topological polar surface area (TPSA) is 82.3 Å². The van der Waals surface area contributed by atoms with Gasteiger partial charge in [-0.05, 0) is 30.7 Å². The van der Waals surface area contributed by atoms with Crippen LogP contribution in [0, 0.1) is 6.92 Å². The summed E-state index contributed by atoms with van der Waals surface area (Å²) in [5.74, 6) is 1.43. The van der Waals surface area contributed by atoms with Gasteiger partial charge in [0.05, 0.1) is 6.61 Å². The molecule has 0 fully saturated rings. The van der Waals surface area contributed by atoms with Crippen molar-refractivity contribution in [1.82, 2.24) is 9.97 Å². The summed E-state index contributed by atoms with van der Waals surface area (Å²) in [4.78, 5) is 8.13. The smallest absolute Gasteiger partial charge is 0.248 e. The van der Waals surface area contributed by atoms with Gasteiger partial charge in [0.15, 0.2) is 5.82 Å². The van der Waals surface area contributed by atoms with Gasteiger partial charge in [-0.3, -0.25) is 0 Å². The van der Waals surface area contributed by atoms with E-state index >= 15 is 0 Å². The van der Waals surface area contributed by atoms with E-state index in [2.05, 4.69) is 15.3 Å². The Morgan fingerprint density at radius 3 is 2.86 bits per heavy atom. The molecule has 112 valence electrons. The fraction of sp³-hybridized carbons (Fsp3) is 0.286. The van der Waals surface area contributed by atoms with Crippen LogP contribution in [0.1, 0.15) is 5.56 Å². The molecule has 1 heterocycles. The molecule has 0 radical (unpaired) electrons. The number of aromatic nitrogens is 2. The van der Waals surface area contributed by atoms with Gasteiger partial charge in [-0.1, -0.05) is 11.6 Å². The number of nitrogen functional groups attached to an aromatic ring is 1. The van der Waals surface area contributed by atoms with Crippen molar-refractivity contribution in [1.29, 1.82) is 0 Å². The van der Waals surface area contributed by atoms with Gasteiger partial charge in [0.2, 0.25) is 5.88 Å². The average Bonchev–Trinajstić information content (AvgIpc) is 2.47. The normalized spacial score (nSPS) is 10.4. The largest absolute Gasteiger partial charge is 0.437 e. The number of nitrogens with zero attached hydrogens (tertiary/aromatic N) is 2. The van der Waals surface area contributed by atoms with Gasteiger partial charge in [0.25, 0.3) is 0 Å². The first kappa shape index (κ1) is 15.3. The molecule has 0 atom stereocenters. The van der Waals surface area contributed by atoms with Crippen molar-refractivity contribution in [2.75, 3.05) is 31.3 Å². The molecule has 0 spiro atoms. The third-order valence-electron chi connectivity index (χ3n) is 2.79. The fourth-order valence-corrected chi connectivity index (χ4v) is 1.78. The molecule has 0 saturated carbocycles. The summed E-state index contributed by atoms with van der Waals surface area (Å²) < 4.78 is 10.6. The van der Waals surface area contributed by atoms with Gasteiger partial charge in [0, 0.05) is 18.7 Å². The molecular weight excluding hydrogens is 292 g/mol. The third-order valence-corrected chi connectivity index (χ3v) is 3.21. The van der Waals surface area contributed by atoms with Crippen LogP contribution in [0.3, 0.4) is 0 Å². The van der Waals surface area contributed by atoms with E-state index in [4.69, 9.17) is 26.8 Å². The van der Waals surface area contributed by atoms with E-state index in [1.807, 2.05) is 13.0 Å². The van der Waals surface area contributed by atoms with Gasteiger partial charge in [0.1, 0.15) is 17.8 Å². The quantitative estimate of drug-likeness (QED) is 0.799. The lowest BCUT2D eigenvalue weighted by atomic mass is 10.2. The van der Waals surface area contributed by atoms with Crippen molar-refractivity contribution in [3.05, 3.63) is 35.1 Å². The van der Waals surface area contributed by atoms with Gasteiger partial charge >= 0.3 is 0 Å². The number of rotatable bonds is 6. The predicted molar refractivity (Wildman–Crippen MR) is 83.1 cm³/mol. The number of nitrogens with one attached hydrogen (secondary N) is 1. The summed E-state index contributed by atoms with van der Waals surface area (Å²) >= 11 is 5.98. The van der Waals surface area contributed by atoms with E-state index in [0.29, 0.717) is 41.3 Å². The minimum absolute atomic E-state index is 0.298. The molecule has 0 unspecified atom stereocenters. The first-order valence-electron chi connectivity index (χ1n) is 6.39. The standard InChI is InChI=1S/C14H17ClN4O2/c1-9-7-10(3-4-11(9)15)21-14-12(16)13(18-8-19-14)17-5-6-20-2/h3-4,7-8H,5-6,16H2,1-2H3,(H,17,18,19). The number of methoxy groups -OCH3 is 1. The Morgan fingerprint density at radius 1 is 1.33 bits per heavy atom. The maximum Gasteiger partial charge on any atom is 0.248 e. The zero-order valence-electron chi connectivity index (χ0n) is 11.9. The maximum absolute atomic E-state index is 6.00. The van der Waals surface area contributed by atoms with Crippen molar-refractivity contribution in [3.8, 4) is 11.6 Å². The number of ether oxygens (including phenoxy) is 2. The zero-order chi connectivity index (χ0) is 15.2. The summed E-state index contributed by atoms with van der Waals surface area (Å²) in [5, 5.41) is 3.74. The zero-order valence-corrected chi connectivity index (χ0v) is 12.6. The van der Waals surface area contributed by atoms with Crippen LogP contribution < -0.4 is 15.8 Å². The number of halogens is 1. The van der Waals surface area contributed by atoms with E-state index in [1.54, 1.807) is 19.2 Å². The Kier molecular flexibility index (Phi) is 5.19. The molecule has 6 nitrogen and oxygen atoms in total.